The van der Waals surface area contributed by atoms with E-state index in [0.717, 1.165) is 0 Å². The molecule has 0 saturated heterocycles. The van der Waals surface area contributed by atoms with Gasteiger partial charge in [0.2, 0.25) is 11.9 Å². The highest BCUT2D eigenvalue weighted by molar-refractivity contribution is 6.30. The van der Waals surface area contributed by atoms with Crippen LogP contribution >= 0.6 is 11.6 Å². The number of benzene rings is 1. The zero-order valence-electron chi connectivity index (χ0n) is 10.3. The lowest BCUT2D eigenvalue weighted by atomic mass is 10.3. The van der Waals surface area contributed by atoms with Crippen molar-refractivity contribution in [3.63, 3.8) is 0 Å². The summed E-state index contributed by atoms with van der Waals surface area (Å²) in [5, 5.41) is 9.61. The summed E-state index contributed by atoms with van der Waals surface area (Å²) < 4.78 is 5.41. The molecule has 1 amide bonds. The Hall–Kier alpha value is -2.08. The van der Waals surface area contributed by atoms with Crippen molar-refractivity contribution in [2.45, 2.75) is 13.3 Å². The number of hydrogen-bond donors (Lipinski definition) is 2. The predicted molar refractivity (Wildman–Crippen MR) is 71.3 cm³/mol. The van der Waals surface area contributed by atoms with Crippen molar-refractivity contribution in [3.8, 4) is 5.75 Å². The number of aromatic nitrogens is 3. The molecule has 0 aliphatic carbocycles. The average Bonchev–Trinajstić information content (AvgIpc) is 2.75. The lowest BCUT2D eigenvalue weighted by Gasteiger charge is -2.05. The molecule has 0 aliphatic heterocycles. The van der Waals surface area contributed by atoms with Gasteiger partial charge < -0.3 is 4.74 Å². The maximum Gasteiger partial charge on any atom is 0.248 e. The number of H-pyrrole nitrogens is 1. The molecule has 0 aliphatic rings. The molecule has 0 saturated carbocycles. The lowest BCUT2D eigenvalue weighted by Crippen LogP contribution is -2.16. The van der Waals surface area contributed by atoms with E-state index >= 15 is 0 Å². The molecule has 0 radical (unpaired) electrons. The summed E-state index contributed by atoms with van der Waals surface area (Å²) >= 11 is 5.82. The zero-order chi connectivity index (χ0) is 13.7. The number of aromatic amines is 1. The number of ether oxygens (including phenoxy) is 1. The molecule has 0 unspecified atom stereocenters. The number of anilines is 1. The van der Waals surface area contributed by atoms with E-state index in [1.54, 1.807) is 31.2 Å². The van der Waals surface area contributed by atoms with Gasteiger partial charge in [0.05, 0.1) is 13.0 Å². The molecule has 1 aromatic carbocycles. The number of rotatable bonds is 5. The first-order chi connectivity index (χ1) is 9.13. The van der Waals surface area contributed by atoms with E-state index in [2.05, 4.69) is 20.5 Å². The van der Waals surface area contributed by atoms with Crippen molar-refractivity contribution in [1.82, 2.24) is 15.2 Å². The topological polar surface area (TPSA) is 79.9 Å². The molecular weight excluding hydrogens is 268 g/mol. The second kappa shape index (κ2) is 6.19. The van der Waals surface area contributed by atoms with Crippen LogP contribution < -0.4 is 10.1 Å². The maximum absolute atomic E-state index is 11.6. The van der Waals surface area contributed by atoms with Gasteiger partial charge in [-0.1, -0.05) is 17.7 Å². The van der Waals surface area contributed by atoms with Gasteiger partial charge in [0, 0.05) is 5.02 Å². The molecule has 0 bridgehead atoms. The molecule has 1 aromatic heterocycles. The normalized spacial score (nSPS) is 10.2. The number of carbonyl (C=O) groups excluding carboxylic acids is 1. The lowest BCUT2D eigenvalue weighted by molar-refractivity contribution is -0.116. The largest absolute Gasteiger partial charge is 0.493 e. The first-order valence-electron chi connectivity index (χ1n) is 5.71. The van der Waals surface area contributed by atoms with Crippen LogP contribution in [0, 0.1) is 6.92 Å². The third-order valence-corrected chi connectivity index (χ3v) is 2.48. The summed E-state index contributed by atoms with van der Waals surface area (Å²) in [6.45, 7) is 2.01. The van der Waals surface area contributed by atoms with Crippen molar-refractivity contribution in [2.75, 3.05) is 11.9 Å². The minimum atomic E-state index is -0.207. The van der Waals surface area contributed by atoms with E-state index in [0.29, 0.717) is 16.6 Å². The maximum atomic E-state index is 11.6. The van der Waals surface area contributed by atoms with Gasteiger partial charge in [-0.15, -0.1) is 5.10 Å². The Morgan fingerprint density at radius 2 is 2.37 bits per heavy atom. The number of halogens is 1. The molecule has 0 atom stereocenters. The summed E-state index contributed by atoms with van der Waals surface area (Å²) in [6, 6.07) is 7.02. The van der Waals surface area contributed by atoms with E-state index < -0.39 is 0 Å². The van der Waals surface area contributed by atoms with Gasteiger partial charge in [-0.05, 0) is 25.1 Å². The summed E-state index contributed by atoms with van der Waals surface area (Å²) in [5.74, 6) is 1.34. The zero-order valence-corrected chi connectivity index (χ0v) is 11.1. The standard InChI is InChI=1S/C12H13ClN4O2/c1-8-14-12(17-16-8)15-11(18)5-6-19-10-4-2-3-9(13)7-10/h2-4,7H,5-6H2,1H3,(H2,14,15,16,17,18). The fourth-order valence-corrected chi connectivity index (χ4v) is 1.58. The Kier molecular flexibility index (Phi) is 4.35. The Bertz CT molecular complexity index is 570. The number of hydrogen-bond acceptors (Lipinski definition) is 4. The molecule has 1 heterocycles. The Morgan fingerprint density at radius 1 is 1.53 bits per heavy atom. The average molecular weight is 281 g/mol. The first-order valence-corrected chi connectivity index (χ1v) is 6.08. The van der Waals surface area contributed by atoms with E-state index in [1.165, 1.54) is 0 Å². The number of nitrogens with zero attached hydrogens (tertiary/aromatic N) is 2. The molecule has 6 nitrogen and oxygen atoms in total. The quantitative estimate of drug-likeness (QED) is 0.880. The monoisotopic (exact) mass is 280 g/mol. The smallest absolute Gasteiger partial charge is 0.248 e. The van der Waals surface area contributed by atoms with Crippen molar-refractivity contribution in [1.29, 1.82) is 0 Å². The fraction of sp³-hybridized carbons (Fsp3) is 0.250. The number of nitrogens with one attached hydrogen (secondary N) is 2. The van der Waals surface area contributed by atoms with Gasteiger partial charge in [0.1, 0.15) is 11.6 Å². The van der Waals surface area contributed by atoms with E-state index in [9.17, 15) is 4.79 Å². The molecule has 2 aromatic rings. The van der Waals surface area contributed by atoms with Crippen LogP contribution in [0.5, 0.6) is 5.75 Å². The van der Waals surface area contributed by atoms with Crippen LogP contribution in [0.1, 0.15) is 12.2 Å². The highest BCUT2D eigenvalue weighted by Crippen LogP contribution is 2.17. The summed E-state index contributed by atoms with van der Waals surface area (Å²) in [5.41, 5.74) is 0. The second-order valence-electron chi connectivity index (χ2n) is 3.85. The second-order valence-corrected chi connectivity index (χ2v) is 4.28. The molecule has 2 N–H and O–H groups in total. The molecular formula is C12H13ClN4O2. The van der Waals surface area contributed by atoms with Gasteiger partial charge in [-0.3, -0.25) is 15.2 Å². The molecule has 0 spiro atoms. The number of aryl methyl sites for hydroxylation is 1. The van der Waals surface area contributed by atoms with Crippen molar-refractivity contribution < 1.29 is 9.53 Å². The van der Waals surface area contributed by atoms with E-state index in [1.807, 2.05) is 0 Å². The third-order valence-electron chi connectivity index (χ3n) is 2.24. The van der Waals surface area contributed by atoms with E-state index in [4.69, 9.17) is 16.3 Å². The number of carbonyl (C=O) groups is 1. The van der Waals surface area contributed by atoms with Gasteiger partial charge in [-0.25, -0.2) is 0 Å². The van der Waals surface area contributed by atoms with Crippen molar-refractivity contribution >= 4 is 23.5 Å². The molecule has 2 rings (SSSR count). The molecule has 7 heteroatoms. The van der Waals surface area contributed by atoms with Gasteiger partial charge in [0.15, 0.2) is 0 Å². The van der Waals surface area contributed by atoms with Crippen LogP contribution in [0.2, 0.25) is 5.02 Å². The van der Waals surface area contributed by atoms with E-state index in [-0.39, 0.29) is 24.9 Å². The highest BCUT2D eigenvalue weighted by Gasteiger charge is 2.06. The highest BCUT2D eigenvalue weighted by atomic mass is 35.5. The van der Waals surface area contributed by atoms with Crippen LogP contribution in [0.15, 0.2) is 24.3 Å². The minimum Gasteiger partial charge on any atom is -0.493 e. The van der Waals surface area contributed by atoms with Gasteiger partial charge in [0.25, 0.3) is 0 Å². The first kappa shape index (κ1) is 13.4. The summed E-state index contributed by atoms with van der Waals surface area (Å²) in [4.78, 5) is 15.5. The Balaban J connectivity index is 1.75. The van der Waals surface area contributed by atoms with Gasteiger partial charge >= 0.3 is 0 Å². The molecule has 100 valence electrons. The Morgan fingerprint density at radius 3 is 3.05 bits per heavy atom. The van der Waals surface area contributed by atoms with Crippen molar-refractivity contribution in [3.05, 3.63) is 35.1 Å². The predicted octanol–water partition coefficient (Wildman–Crippen LogP) is 2.17. The van der Waals surface area contributed by atoms with Gasteiger partial charge in [-0.2, -0.15) is 4.98 Å². The van der Waals surface area contributed by atoms with Crippen LogP contribution in [-0.2, 0) is 4.79 Å². The third kappa shape index (κ3) is 4.26. The SMILES string of the molecule is Cc1nc(NC(=O)CCOc2cccc(Cl)c2)n[nH]1. The summed E-state index contributed by atoms with van der Waals surface area (Å²) in [6.07, 6.45) is 0.208. The van der Waals surface area contributed by atoms with Crippen LogP contribution in [0.3, 0.4) is 0 Å². The molecule has 19 heavy (non-hydrogen) atoms. The molecule has 0 fully saturated rings. The Labute approximate surface area is 115 Å². The summed E-state index contributed by atoms with van der Waals surface area (Å²) in [7, 11) is 0. The van der Waals surface area contributed by atoms with Crippen LogP contribution in [0.25, 0.3) is 0 Å². The van der Waals surface area contributed by atoms with Crippen LogP contribution in [-0.4, -0.2) is 27.7 Å². The minimum absolute atomic E-state index is 0.207. The fourth-order valence-electron chi connectivity index (χ4n) is 1.40. The van der Waals surface area contributed by atoms with Crippen molar-refractivity contribution in [2.24, 2.45) is 0 Å². The van der Waals surface area contributed by atoms with Crippen LogP contribution in [0.4, 0.5) is 5.95 Å². The number of amides is 1.